The van der Waals surface area contributed by atoms with Crippen molar-refractivity contribution in [2.45, 2.75) is 12.8 Å². The number of likely N-dealkylation sites (tertiary alicyclic amines) is 1. The molecule has 0 bridgehead atoms. The zero-order chi connectivity index (χ0) is 19.2. The highest BCUT2D eigenvalue weighted by atomic mass is 16.2. The monoisotopic (exact) mass is 370 g/mol. The molecule has 1 aliphatic heterocycles. The highest BCUT2D eigenvalue weighted by molar-refractivity contribution is 5.89. The number of urea groups is 1. The molecule has 1 fully saturated rings. The van der Waals surface area contributed by atoms with Crippen molar-refractivity contribution in [2.75, 3.05) is 31.5 Å². The first-order valence-electron chi connectivity index (χ1n) is 9.19. The average molecular weight is 370 g/mol. The fourth-order valence-corrected chi connectivity index (χ4v) is 3.31. The Morgan fingerprint density at radius 2 is 2.07 bits per heavy atom. The normalized spacial score (nSPS) is 17.4. The number of aryl methyl sites for hydroxylation is 1. The standard InChI is InChI=1S/C19H26N6O2/c1-24-17(12-16(23-24)14-6-3-2-4-7-14)22-19(27)21-9-11-25-10-5-8-15(13-25)18(20)26/h2-4,6-7,12,15H,5,8-11,13H2,1H3,(H2,20,26)(H2,21,22,27). The van der Waals surface area contributed by atoms with Crippen LogP contribution < -0.4 is 16.4 Å². The molecule has 8 heteroatoms. The highest BCUT2D eigenvalue weighted by Gasteiger charge is 2.23. The zero-order valence-electron chi connectivity index (χ0n) is 15.5. The summed E-state index contributed by atoms with van der Waals surface area (Å²) in [5.74, 6) is 0.298. The van der Waals surface area contributed by atoms with E-state index in [0.717, 1.165) is 30.6 Å². The number of carbonyl (C=O) groups excluding carboxylic acids is 2. The molecule has 1 aromatic heterocycles. The molecule has 2 aromatic rings. The zero-order valence-corrected chi connectivity index (χ0v) is 15.5. The molecule has 1 saturated heterocycles. The van der Waals surface area contributed by atoms with Gasteiger partial charge in [0.05, 0.1) is 11.6 Å². The van der Waals surface area contributed by atoms with Crippen molar-refractivity contribution in [3.8, 4) is 11.3 Å². The van der Waals surface area contributed by atoms with Crippen molar-refractivity contribution in [3.05, 3.63) is 36.4 Å². The van der Waals surface area contributed by atoms with Crippen molar-refractivity contribution >= 4 is 17.8 Å². The van der Waals surface area contributed by atoms with Crippen molar-refractivity contribution in [3.63, 3.8) is 0 Å². The molecule has 0 saturated carbocycles. The second-order valence-corrected chi connectivity index (χ2v) is 6.83. The summed E-state index contributed by atoms with van der Waals surface area (Å²) < 4.78 is 1.64. The van der Waals surface area contributed by atoms with Gasteiger partial charge in [-0.3, -0.25) is 14.8 Å². The molecule has 0 spiro atoms. The second kappa shape index (κ2) is 8.68. The highest BCUT2D eigenvalue weighted by Crippen LogP contribution is 2.20. The lowest BCUT2D eigenvalue weighted by molar-refractivity contribution is -0.123. The first kappa shape index (κ1) is 18.9. The molecule has 1 unspecified atom stereocenters. The van der Waals surface area contributed by atoms with Gasteiger partial charge in [0.1, 0.15) is 5.82 Å². The number of piperidine rings is 1. The molecule has 1 aromatic carbocycles. The van der Waals surface area contributed by atoms with Crippen LogP contribution in [0.4, 0.5) is 10.6 Å². The molecule has 27 heavy (non-hydrogen) atoms. The Kier molecular flexibility index (Phi) is 6.08. The van der Waals surface area contributed by atoms with E-state index in [-0.39, 0.29) is 17.9 Å². The number of benzene rings is 1. The summed E-state index contributed by atoms with van der Waals surface area (Å²) in [5.41, 5.74) is 7.20. The van der Waals surface area contributed by atoms with Crippen molar-refractivity contribution in [1.82, 2.24) is 20.0 Å². The van der Waals surface area contributed by atoms with E-state index >= 15 is 0 Å². The summed E-state index contributed by atoms with van der Waals surface area (Å²) in [6.45, 7) is 2.79. The van der Waals surface area contributed by atoms with Crippen LogP contribution in [0.15, 0.2) is 36.4 Å². The number of hydrogen-bond donors (Lipinski definition) is 3. The molecule has 144 valence electrons. The minimum Gasteiger partial charge on any atom is -0.369 e. The third kappa shape index (κ3) is 5.07. The number of aromatic nitrogens is 2. The van der Waals surface area contributed by atoms with Gasteiger partial charge >= 0.3 is 6.03 Å². The predicted molar refractivity (Wildman–Crippen MR) is 104 cm³/mol. The first-order chi connectivity index (χ1) is 13.0. The largest absolute Gasteiger partial charge is 0.369 e. The van der Waals surface area contributed by atoms with Crippen LogP contribution in [0.2, 0.25) is 0 Å². The maximum absolute atomic E-state index is 12.2. The number of primary amides is 1. The molecule has 2 heterocycles. The van der Waals surface area contributed by atoms with Crippen LogP contribution >= 0.6 is 0 Å². The second-order valence-electron chi connectivity index (χ2n) is 6.83. The SMILES string of the molecule is Cn1nc(-c2ccccc2)cc1NC(=O)NCCN1CCCC(C(N)=O)C1. The van der Waals surface area contributed by atoms with Gasteiger partial charge in [0.25, 0.3) is 0 Å². The Labute approximate surface area is 158 Å². The summed E-state index contributed by atoms with van der Waals surface area (Å²) >= 11 is 0. The van der Waals surface area contributed by atoms with Gasteiger partial charge in [-0.2, -0.15) is 5.10 Å². The molecular formula is C19H26N6O2. The number of amides is 3. The molecule has 1 atom stereocenters. The third-order valence-corrected chi connectivity index (χ3v) is 4.81. The number of carbonyl (C=O) groups is 2. The van der Waals surface area contributed by atoms with E-state index in [9.17, 15) is 9.59 Å². The lowest BCUT2D eigenvalue weighted by atomic mass is 9.97. The van der Waals surface area contributed by atoms with Gasteiger partial charge in [-0.05, 0) is 19.4 Å². The molecule has 4 N–H and O–H groups in total. The number of hydrogen-bond acceptors (Lipinski definition) is 4. The topological polar surface area (TPSA) is 105 Å². The van der Waals surface area contributed by atoms with Gasteiger partial charge in [-0.1, -0.05) is 30.3 Å². The van der Waals surface area contributed by atoms with Crippen LogP contribution in [-0.2, 0) is 11.8 Å². The molecule has 0 radical (unpaired) electrons. The number of nitrogens with zero attached hydrogens (tertiary/aromatic N) is 3. The van der Waals surface area contributed by atoms with Gasteiger partial charge in [0, 0.05) is 38.3 Å². The van der Waals surface area contributed by atoms with Gasteiger partial charge in [0.2, 0.25) is 5.91 Å². The van der Waals surface area contributed by atoms with Gasteiger partial charge in [-0.15, -0.1) is 0 Å². The number of anilines is 1. The van der Waals surface area contributed by atoms with Gasteiger partial charge in [0.15, 0.2) is 0 Å². The van der Waals surface area contributed by atoms with Crippen molar-refractivity contribution < 1.29 is 9.59 Å². The summed E-state index contributed by atoms with van der Waals surface area (Å²) in [7, 11) is 1.79. The molecule has 3 rings (SSSR count). The summed E-state index contributed by atoms with van der Waals surface area (Å²) in [4.78, 5) is 25.7. The smallest absolute Gasteiger partial charge is 0.320 e. The Bertz CT molecular complexity index is 789. The molecule has 1 aliphatic rings. The summed E-state index contributed by atoms with van der Waals surface area (Å²) in [6.07, 6.45) is 1.81. The van der Waals surface area contributed by atoms with Crippen LogP contribution in [0.1, 0.15) is 12.8 Å². The lowest BCUT2D eigenvalue weighted by Crippen LogP contribution is -2.44. The molecule has 0 aliphatic carbocycles. The molecular weight excluding hydrogens is 344 g/mol. The van der Waals surface area contributed by atoms with Crippen LogP contribution in [0.3, 0.4) is 0 Å². The Morgan fingerprint density at radius 3 is 2.81 bits per heavy atom. The van der Waals surface area contributed by atoms with Crippen LogP contribution in [0, 0.1) is 5.92 Å². The first-order valence-corrected chi connectivity index (χ1v) is 9.19. The van der Waals surface area contributed by atoms with E-state index in [2.05, 4.69) is 20.6 Å². The number of rotatable bonds is 6. The van der Waals surface area contributed by atoms with E-state index in [4.69, 9.17) is 5.73 Å². The quantitative estimate of drug-likeness (QED) is 0.715. The van der Waals surface area contributed by atoms with Crippen LogP contribution in [0.5, 0.6) is 0 Å². The Hall–Kier alpha value is -2.87. The van der Waals surface area contributed by atoms with E-state index in [0.29, 0.717) is 25.5 Å². The van der Waals surface area contributed by atoms with Crippen LogP contribution in [-0.4, -0.2) is 52.8 Å². The Balaban J connectivity index is 1.47. The number of nitrogens with one attached hydrogen (secondary N) is 2. The van der Waals surface area contributed by atoms with Crippen molar-refractivity contribution in [2.24, 2.45) is 18.7 Å². The summed E-state index contributed by atoms with van der Waals surface area (Å²) in [5, 5.41) is 10.1. The summed E-state index contributed by atoms with van der Waals surface area (Å²) in [6, 6.07) is 11.4. The lowest BCUT2D eigenvalue weighted by Gasteiger charge is -2.31. The van der Waals surface area contributed by atoms with Crippen molar-refractivity contribution in [1.29, 1.82) is 0 Å². The molecule has 3 amide bonds. The van der Waals surface area contributed by atoms with E-state index < -0.39 is 0 Å². The molecule has 8 nitrogen and oxygen atoms in total. The van der Waals surface area contributed by atoms with E-state index in [1.807, 2.05) is 36.4 Å². The minimum atomic E-state index is -0.277. The fraction of sp³-hybridized carbons (Fsp3) is 0.421. The average Bonchev–Trinajstić information content (AvgIpc) is 3.03. The van der Waals surface area contributed by atoms with Crippen LogP contribution in [0.25, 0.3) is 11.3 Å². The fourth-order valence-electron chi connectivity index (χ4n) is 3.31. The van der Waals surface area contributed by atoms with Gasteiger partial charge < -0.3 is 16.0 Å². The maximum Gasteiger partial charge on any atom is 0.320 e. The third-order valence-electron chi connectivity index (χ3n) is 4.81. The van der Waals surface area contributed by atoms with E-state index in [1.54, 1.807) is 11.7 Å². The minimum absolute atomic E-state index is 0.0848. The maximum atomic E-state index is 12.2. The Morgan fingerprint density at radius 1 is 1.30 bits per heavy atom. The van der Waals surface area contributed by atoms with E-state index in [1.165, 1.54) is 0 Å². The van der Waals surface area contributed by atoms with Gasteiger partial charge in [-0.25, -0.2) is 4.79 Å². The predicted octanol–water partition coefficient (Wildman–Crippen LogP) is 1.41. The number of nitrogens with two attached hydrogens (primary N) is 1.